The van der Waals surface area contributed by atoms with E-state index in [0.29, 0.717) is 25.9 Å². The molecular formula is C26H34ClN2O9P. The van der Waals surface area contributed by atoms with Crippen LogP contribution in [-0.4, -0.2) is 63.2 Å². The van der Waals surface area contributed by atoms with Crippen LogP contribution in [0.25, 0.3) is 0 Å². The molecule has 1 saturated heterocycles. The molecule has 214 valence electrons. The van der Waals surface area contributed by atoms with Gasteiger partial charge in [-0.05, 0) is 57.6 Å². The van der Waals surface area contributed by atoms with Crippen LogP contribution in [0.3, 0.4) is 0 Å². The van der Waals surface area contributed by atoms with Crippen molar-refractivity contribution in [1.29, 1.82) is 0 Å². The number of nitrogens with zero attached hydrogens (tertiary/aromatic N) is 2. The summed E-state index contributed by atoms with van der Waals surface area (Å²) in [5, 5.41) is 14.5. The highest BCUT2D eigenvalue weighted by molar-refractivity contribution is 7.46. The molecule has 0 aliphatic carbocycles. The average molecular weight is 585 g/mol. The molecule has 1 aromatic rings. The molecule has 0 saturated carbocycles. The topological polar surface area (TPSA) is 155 Å². The van der Waals surface area contributed by atoms with Crippen molar-refractivity contribution in [3.63, 3.8) is 0 Å². The van der Waals surface area contributed by atoms with E-state index in [4.69, 9.17) is 21.2 Å². The number of oxime groups is 1. The minimum absolute atomic E-state index is 0.0290. The third kappa shape index (κ3) is 9.39. The third-order valence-electron chi connectivity index (χ3n) is 6.23. The first-order valence-electron chi connectivity index (χ1n) is 12.7. The molecule has 1 amide bonds. The second kappa shape index (κ2) is 14.0. The van der Waals surface area contributed by atoms with Gasteiger partial charge in [0.05, 0.1) is 10.7 Å². The lowest BCUT2D eigenvalue weighted by atomic mass is 9.98. The van der Waals surface area contributed by atoms with Gasteiger partial charge in [0.2, 0.25) is 0 Å². The zero-order chi connectivity index (χ0) is 28.6. The van der Waals surface area contributed by atoms with Gasteiger partial charge in [-0.3, -0.25) is 14.6 Å². The molecule has 3 N–H and O–H groups in total. The summed E-state index contributed by atoms with van der Waals surface area (Å²) in [5.41, 5.74) is 0.853. The molecule has 0 unspecified atom stereocenters. The van der Waals surface area contributed by atoms with Crippen LogP contribution in [-0.2, 0) is 25.4 Å². The van der Waals surface area contributed by atoms with Gasteiger partial charge in [0.1, 0.15) is 17.4 Å². The first-order chi connectivity index (χ1) is 18.4. The monoisotopic (exact) mass is 584 g/mol. The summed E-state index contributed by atoms with van der Waals surface area (Å²) in [6, 6.07) is 0.848. The summed E-state index contributed by atoms with van der Waals surface area (Å²) in [6.07, 6.45) is 9.66. The van der Waals surface area contributed by atoms with Gasteiger partial charge in [-0.2, -0.15) is 0 Å². The van der Waals surface area contributed by atoms with E-state index in [0.717, 1.165) is 37.3 Å². The van der Waals surface area contributed by atoms with Crippen LogP contribution in [0.4, 0.5) is 0 Å². The number of fused-ring (bicyclic) bond motifs is 1. The zero-order valence-electron chi connectivity index (χ0n) is 22.0. The lowest BCUT2D eigenvalue weighted by Gasteiger charge is -2.26. The van der Waals surface area contributed by atoms with Crippen LogP contribution < -0.4 is 4.52 Å². The highest BCUT2D eigenvalue weighted by atomic mass is 35.5. The summed E-state index contributed by atoms with van der Waals surface area (Å²) >= 11 is 6.47. The van der Waals surface area contributed by atoms with Gasteiger partial charge in [0.15, 0.2) is 12.4 Å². The molecule has 2 heterocycles. The number of allylic oxidation sites excluding steroid dienone is 3. The second-order valence-corrected chi connectivity index (χ2v) is 11.1. The van der Waals surface area contributed by atoms with Gasteiger partial charge in [0.25, 0.3) is 5.91 Å². The summed E-state index contributed by atoms with van der Waals surface area (Å²) in [4.78, 5) is 51.4. The molecule has 13 heteroatoms. The van der Waals surface area contributed by atoms with E-state index in [1.165, 1.54) is 0 Å². The molecule has 0 radical (unpaired) electrons. The van der Waals surface area contributed by atoms with E-state index in [1.54, 1.807) is 17.9 Å². The van der Waals surface area contributed by atoms with Crippen molar-refractivity contribution in [2.45, 2.75) is 64.9 Å². The van der Waals surface area contributed by atoms with Crippen LogP contribution in [0.1, 0.15) is 68.3 Å². The fourth-order valence-electron chi connectivity index (χ4n) is 4.32. The number of esters is 1. The Kier molecular flexibility index (Phi) is 11.0. The quantitative estimate of drug-likeness (QED) is 0.194. The molecular weight excluding hydrogens is 551 g/mol. The number of aromatic hydroxyl groups is 1. The standard InChI is InChI=1S/C26H34ClN2O9P/c1-17-9-5-3-6-10-18(2)37-26(32)24-20(25(27)22(15-21(24)30)38-39(33,34)35)14-19(13-17)28-36-16-23(31)29-11-7-4-8-12-29/h3,6,13,15,18,30H,4-5,7-12,14,16H2,1-2H3,(H2,33,34,35)/b6-3+,17-13+,28-19+/t18-/m1/s1. The molecule has 0 bridgehead atoms. The van der Waals surface area contributed by atoms with Crippen molar-refractivity contribution >= 4 is 37.0 Å². The number of halogens is 1. The molecule has 39 heavy (non-hydrogen) atoms. The maximum Gasteiger partial charge on any atom is 0.524 e. The predicted molar refractivity (Wildman–Crippen MR) is 145 cm³/mol. The highest BCUT2D eigenvalue weighted by Gasteiger charge is 2.29. The summed E-state index contributed by atoms with van der Waals surface area (Å²) in [7, 11) is -5.05. The van der Waals surface area contributed by atoms with Gasteiger partial charge in [0, 0.05) is 32.0 Å². The lowest BCUT2D eigenvalue weighted by molar-refractivity contribution is -0.137. The molecule has 3 rings (SSSR count). The lowest BCUT2D eigenvalue weighted by Crippen LogP contribution is -2.37. The smallest absolute Gasteiger partial charge is 0.507 e. The van der Waals surface area contributed by atoms with E-state index in [1.807, 2.05) is 19.1 Å². The Balaban J connectivity index is 2.02. The number of phenols is 1. The second-order valence-electron chi connectivity index (χ2n) is 9.57. The summed E-state index contributed by atoms with van der Waals surface area (Å²) < 4.78 is 21.7. The Labute approximate surface area is 232 Å². The van der Waals surface area contributed by atoms with E-state index in [-0.39, 0.29) is 40.8 Å². The number of hydrogen-bond acceptors (Lipinski definition) is 8. The first kappa shape index (κ1) is 30.7. The highest BCUT2D eigenvalue weighted by Crippen LogP contribution is 2.45. The molecule has 0 aromatic heterocycles. The van der Waals surface area contributed by atoms with E-state index < -0.39 is 31.4 Å². The average Bonchev–Trinajstić information content (AvgIpc) is 2.85. The van der Waals surface area contributed by atoms with E-state index in [9.17, 15) is 29.0 Å². The maximum absolute atomic E-state index is 13.1. The van der Waals surface area contributed by atoms with Crippen molar-refractivity contribution in [2.24, 2.45) is 5.16 Å². The number of piperidine rings is 1. The molecule has 11 nitrogen and oxygen atoms in total. The number of phosphoric acid groups is 1. The van der Waals surface area contributed by atoms with Crippen LogP contribution in [0, 0.1) is 0 Å². The molecule has 1 aromatic carbocycles. The van der Waals surface area contributed by atoms with Crippen molar-refractivity contribution in [3.8, 4) is 11.5 Å². The van der Waals surface area contributed by atoms with Gasteiger partial charge < -0.3 is 24.1 Å². The third-order valence-corrected chi connectivity index (χ3v) is 7.08. The fourth-order valence-corrected chi connectivity index (χ4v) is 5.03. The number of carbonyl (C=O) groups excluding carboxylic acids is 2. The summed E-state index contributed by atoms with van der Waals surface area (Å²) in [6.45, 7) is 4.62. The first-order valence-corrected chi connectivity index (χ1v) is 14.6. The Morgan fingerprint density at radius 1 is 1.26 bits per heavy atom. The molecule has 0 spiro atoms. The van der Waals surface area contributed by atoms with Gasteiger partial charge in [-0.15, -0.1) is 0 Å². The minimum Gasteiger partial charge on any atom is -0.507 e. The van der Waals surface area contributed by atoms with Gasteiger partial charge >= 0.3 is 13.8 Å². The van der Waals surface area contributed by atoms with Crippen molar-refractivity contribution < 1.29 is 43.1 Å². The van der Waals surface area contributed by atoms with Crippen LogP contribution in [0.5, 0.6) is 11.5 Å². The number of rotatable bonds is 5. The van der Waals surface area contributed by atoms with Gasteiger partial charge in [-0.25, -0.2) is 9.36 Å². The van der Waals surface area contributed by atoms with Crippen LogP contribution >= 0.6 is 19.4 Å². The normalized spacial score (nSPS) is 22.6. The van der Waals surface area contributed by atoms with Crippen LogP contribution in [0.2, 0.25) is 5.02 Å². The number of carbonyl (C=O) groups is 2. The largest absolute Gasteiger partial charge is 0.524 e. The number of benzene rings is 1. The number of likely N-dealkylation sites (tertiary alicyclic amines) is 1. The summed E-state index contributed by atoms with van der Waals surface area (Å²) in [5.74, 6) is -2.24. The van der Waals surface area contributed by atoms with Crippen molar-refractivity contribution in [2.75, 3.05) is 19.7 Å². The van der Waals surface area contributed by atoms with E-state index >= 15 is 0 Å². The van der Waals surface area contributed by atoms with Crippen molar-refractivity contribution in [1.82, 2.24) is 4.90 Å². The number of cyclic esters (lactones) is 1. The molecule has 2 aliphatic heterocycles. The Morgan fingerprint density at radius 2 is 1.97 bits per heavy atom. The number of amides is 1. The van der Waals surface area contributed by atoms with Crippen molar-refractivity contribution in [3.05, 3.63) is 46.0 Å². The number of phosphoric ester groups is 1. The Morgan fingerprint density at radius 3 is 2.67 bits per heavy atom. The fraction of sp³-hybridized carbons (Fsp3) is 0.500. The molecule has 1 atom stereocenters. The number of hydrogen-bond donors (Lipinski definition) is 3. The van der Waals surface area contributed by atoms with Gasteiger partial charge in [-0.1, -0.05) is 34.5 Å². The number of phenolic OH excluding ortho intramolecular Hbond substituents is 1. The zero-order valence-corrected chi connectivity index (χ0v) is 23.6. The minimum atomic E-state index is -5.05. The predicted octanol–water partition coefficient (Wildman–Crippen LogP) is 4.68. The van der Waals surface area contributed by atoms with Crippen LogP contribution in [0.15, 0.2) is 35.0 Å². The number of ether oxygens (including phenoxy) is 1. The molecule has 2 aliphatic rings. The molecule has 1 fully saturated rings. The Bertz CT molecular complexity index is 1200. The maximum atomic E-state index is 13.1. The SMILES string of the molecule is C/C1=C\C(=N/OCC(=O)N2CCCCC2)Cc2c(Cl)c(OP(=O)(O)O)cc(O)c2C(=O)O[C@H](C)C/C=C/CC1. The Hall–Kier alpha value is -2.85. The van der Waals surface area contributed by atoms with E-state index in [2.05, 4.69) is 9.68 Å².